The monoisotopic (exact) mass is 495 g/mol. The molecule has 0 aliphatic carbocycles. The number of benzene rings is 2. The molecule has 0 bridgehead atoms. The number of fused-ring (bicyclic) bond motifs is 1. The number of nitrogens with one attached hydrogen (secondary N) is 4. The van der Waals surface area contributed by atoms with Gasteiger partial charge in [0, 0.05) is 47.2 Å². The highest BCUT2D eigenvalue weighted by Crippen LogP contribution is 2.34. The lowest BCUT2D eigenvalue weighted by Gasteiger charge is -2.37. The summed E-state index contributed by atoms with van der Waals surface area (Å²) in [7, 11) is 0. The third kappa shape index (κ3) is 4.77. The number of H-pyrrole nitrogens is 1. The van der Waals surface area contributed by atoms with Crippen molar-refractivity contribution in [2.24, 2.45) is 0 Å². The second kappa shape index (κ2) is 10.0. The second-order valence-electron chi connectivity index (χ2n) is 9.54. The Morgan fingerprint density at radius 2 is 1.89 bits per heavy atom. The minimum atomic E-state index is -0.427. The van der Waals surface area contributed by atoms with E-state index < -0.39 is 5.54 Å². The van der Waals surface area contributed by atoms with Crippen molar-refractivity contribution in [1.82, 2.24) is 30.8 Å². The molecule has 6 rings (SSSR count). The summed E-state index contributed by atoms with van der Waals surface area (Å²) in [6.45, 7) is 2.81. The maximum atomic E-state index is 13.0. The zero-order chi connectivity index (χ0) is 25.1. The molecule has 2 aromatic carbocycles. The molecule has 37 heavy (non-hydrogen) atoms. The summed E-state index contributed by atoms with van der Waals surface area (Å²) < 4.78 is 5.75. The fourth-order valence-electron chi connectivity index (χ4n) is 5.11. The molecule has 0 spiro atoms. The number of hydrogen-bond donors (Lipinski definition) is 4. The lowest BCUT2D eigenvalue weighted by atomic mass is 9.87. The highest BCUT2D eigenvalue weighted by Gasteiger charge is 2.37. The van der Waals surface area contributed by atoms with Gasteiger partial charge < -0.3 is 20.7 Å². The van der Waals surface area contributed by atoms with E-state index in [1.165, 1.54) is 0 Å². The standard InChI is InChI=1S/C28H29N7O2/c36-26(31-17-21-18-37-24-7-2-1-6-23(21)24)20-4-3-5-22(16-20)33-28(10-14-30-15-11-28)27-32-25(34-35-27)19-8-12-29-13-9-19/h1-9,12-13,16,21,30,33H,10-11,14-15,17-18H2,(H,31,36)(H,32,34,35). The first-order valence-electron chi connectivity index (χ1n) is 12.6. The molecule has 4 aromatic rings. The first-order chi connectivity index (χ1) is 18.2. The number of carbonyl (C=O) groups excluding carboxylic acids is 1. The van der Waals surface area contributed by atoms with E-state index in [-0.39, 0.29) is 11.8 Å². The van der Waals surface area contributed by atoms with Gasteiger partial charge in [-0.1, -0.05) is 24.3 Å². The molecule has 1 amide bonds. The number of hydrogen-bond acceptors (Lipinski definition) is 7. The van der Waals surface area contributed by atoms with E-state index in [2.05, 4.69) is 37.2 Å². The van der Waals surface area contributed by atoms with E-state index in [1.54, 1.807) is 12.4 Å². The Kier molecular flexibility index (Phi) is 6.28. The van der Waals surface area contributed by atoms with Gasteiger partial charge in [-0.2, -0.15) is 5.10 Å². The quantitative estimate of drug-likeness (QED) is 0.310. The molecule has 1 atom stereocenters. The molecule has 9 heteroatoms. The van der Waals surface area contributed by atoms with Crippen molar-refractivity contribution in [2.45, 2.75) is 24.3 Å². The Bertz CT molecular complexity index is 1380. The van der Waals surface area contributed by atoms with Gasteiger partial charge >= 0.3 is 0 Å². The molecule has 2 aromatic heterocycles. The Hall–Kier alpha value is -4.24. The van der Waals surface area contributed by atoms with E-state index in [0.717, 1.165) is 54.3 Å². The average Bonchev–Trinajstić information content (AvgIpc) is 3.61. The number of aromatic amines is 1. The Morgan fingerprint density at radius 3 is 2.76 bits per heavy atom. The average molecular weight is 496 g/mol. The maximum absolute atomic E-state index is 13.0. The minimum absolute atomic E-state index is 0.105. The van der Waals surface area contributed by atoms with Crippen LogP contribution in [0.4, 0.5) is 5.69 Å². The van der Waals surface area contributed by atoms with Crippen LogP contribution in [0.25, 0.3) is 11.4 Å². The summed E-state index contributed by atoms with van der Waals surface area (Å²) in [4.78, 5) is 22.0. The highest BCUT2D eigenvalue weighted by molar-refractivity contribution is 5.95. The fourth-order valence-corrected chi connectivity index (χ4v) is 5.11. The smallest absolute Gasteiger partial charge is 0.251 e. The van der Waals surface area contributed by atoms with Crippen LogP contribution in [0.15, 0.2) is 73.1 Å². The van der Waals surface area contributed by atoms with Crippen LogP contribution < -0.4 is 20.7 Å². The molecule has 2 aliphatic heterocycles. The number of amides is 1. The van der Waals surface area contributed by atoms with Crippen molar-refractivity contribution in [3.63, 3.8) is 0 Å². The van der Waals surface area contributed by atoms with E-state index in [1.807, 2.05) is 54.6 Å². The van der Waals surface area contributed by atoms with Crippen LogP contribution in [0.1, 0.15) is 40.5 Å². The largest absolute Gasteiger partial charge is 0.493 e. The van der Waals surface area contributed by atoms with Gasteiger partial charge in [-0.15, -0.1) is 0 Å². The molecule has 4 heterocycles. The van der Waals surface area contributed by atoms with E-state index in [4.69, 9.17) is 9.72 Å². The van der Waals surface area contributed by atoms with Gasteiger partial charge in [-0.25, -0.2) is 4.98 Å². The van der Waals surface area contributed by atoms with Crippen molar-refractivity contribution in [3.8, 4) is 17.1 Å². The lowest BCUT2D eigenvalue weighted by molar-refractivity contribution is 0.0950. The number of ether oxygens (including phenoxy) is 1. The zero-order valence-electron chi connectivity index (χ0n) is 20.4. The van der Waals surface area contributed by atoms with Crippen molar-refractivity contribution < 1.29 is 9.53 Å². The van der Waals surface area contributed by atoms with E-state index in [0.29, 0.717) is 24.5 Å². The van der Waals surface area contributed by atoms with Gasteiger partial charge in [0.2, 0.25) is 0 Å². The Balaban J connectivity index is 1.18. The lowest BCUT2D eigenvalue weighted by Crippen LogP contribution is -2.46. The number of pyridine rings is 1. The van der Waals surface area contributed by atoms with Crippen LogP contribution >= 0.6 is 0 Å². The minimum Gasteiger partial charge on any atom is -0.493 e. The molecule has 1 fully saturated rings. The molecule has 1 unspecified atom stereocenters. The summed E-state index contributed by atoms with van der Waals surface area (Å²) in [5.74, 6) is 2.38. The number of para-hydroxylation sites is 1. The summed E-state index contributed by atoms with van der Waals surface area (Å²) >= 11 is 0. The summed E-state index contributed by atoms with van der Waals surface area (Å²) in [6, 6.07) is 19.4. The molecule has 0 radical (unpaired) electrons. The summed E-state index contributed by atoms with van der Waals surface area (Å²) in [6.07, 6.45) is 5.13. The number of anilines is 1. The molecule has 1 saturated heterocycles. The molecule has 9 nitrogen and oxygen atoms in total. The second-order valence-corrected chi connectivity index (χ2v) is 9.54. The zero-order valence-corrected chi connectivity index (χ0v) is 20.4. The highest BCUT2D eigenvalue weighted by atomic mass is 16.5. The topological polar surface area (TPSA) is 117 Å². The van der Waals surface area contributed by atoms with Gasteiger partial charge in [0.15, 0.2) is 11.6 Å². The molecule has 2 aliphatic rings. The van der Waals surface area contributed by atoms with Gasteiger partial charge in [-0.05, 0) is 62.3 Å². The summed E-state index contributed by atoms with van der Waals surface area (Å²) in [5.41, 5.74) is 3.10. The number of rotatable bonds is 7. The first kappa shape index (κ1) is 23.2. The van der Waals surface area contributed by atoms with Crippen molar-refractivity contribution in [1.29, 1.82) is 0 Å². The Labute approximate surface area is 215 Å². The number of piperidine rings is 1. The van der Waals surface area contributed by atoms with Crippen molar-refractivity contribution >= 4 is 11.6 Å². The van der Waals surface area contributed by atoms with Crippen LogP contribution in [0.5, 0.6) is 5.75 Å². The van der Waals surface area contributed by atoms with Gasteiger partial charge in [-0.3, -0.25) is 14.9 Å². The van der Waals surface area contributed by atoms with Gasteiger partial charge in [0.1, 0.15) is 5.75 Å². The normalized spacial score (nSPS) is 18.0. The van der Waals surface area contributed by atoms with Crippen LogP contribution in [0, 0.1) is 0 Å². The fraction of sp³-hybridized carbons (Fsp3) is 0.286. The number of nitrogens with zero attached hydrogens (tertiary/aromatic N) is 3. The third-order valence-corrected chi connectivity index (χ3v) is 7.15. The van der Waals surface area contributed by atoms with Crippen LogP contribution in [-0.2, 0) is 5.54 Å². The molecule has 0 saturated carbocycles. The maximum Gasteiger partial charge on any atom is 0.251 e. The molecular weight excluding hydrogens is 466 g/mol. The van der Waals surface area contributed by atoms with E-state index in [9.17, 15) is 4.79 Å². The first-order valence-corrected chi connectivity index (χ1v) is 12.6. The predicted molar refractivity (Wildman–Crippen MR) is 140 cm³/mol. The van der Waals surface area contributed by atoms with Gasteiger partial charge in [0.05, 0.1) is 12.1 Å². The third-order valence-electron chi connectivity index (χ3n) is 7.15. The van der Waals surface area contributed by atoms with E-state index >= 15 is 0 Å². The number of aromatic nitrogens is 4. The van der Waals surface area contributed by atoms with Crippen molar-refractivity contribution in [2.75, 3.05) is 31.6 Å². The summed E-state index contributed by atoms with van der Waals surface area (Å²) in [5, 5.41) is 17.9. The SMILES string of the molecule is O=C(NCC1COc2ccccc21)c1cccc(NC2(c3nc(-c4ccncc4)n[nH]3)CCNCC2)c1. The predicted octanol–water partition coefficient (Wildman–Crippen LogP) is 3.46. The Morgan fingerprint density at radius 1 is 1.05 bits per heavy atom. The van der Waals surface area contributed by atoms with Crippen LogP contribution in [-0.4, -0.2) is 52.3 Å². The van der Waals surface area contributed by atoms with Crippen LogP contribution in [0.2, 0.25) is 0 Å². The molecule has 4 N–H and O–H groups in total. The molecular formula is C28H29N7O2. The van der Waals surface area contributed by atoms with Crippen LogP contribution in [0.3, 0.4) is 0 Å². The van der Waals surface area contributed by atoms with Gasteiger partial charge in [0.25, 0.3) is 5.91 Å². The van der Waals surface area contributed by atoms with Crippen molar-refractivity contribution in [3.05, 3.63) is 90.0 Å². The number of carbonyl (C=O) groups is 1. The molecule has 188 valence electrons.